The zero-order valence-corrected chi connectivity index (χ0v) is 9.93. The van der Waals surface area contributed by atoms with Crippen molar-refractivity contribution in [3.8, 4) is 0 Å². The molecule has 1 aliphatic heterocycles. The van der Waals surface area contributed by atoms with Gasteiger partial charge in [-0.25, -0.2) is 0 Å². The fourth-order valence-corrected chi connectivity index (χ4v) is 1.83. The number of nitrogens with zero attached hydrogens (tertiary/aromatic N) is 3. The van der Waals surface area contributed by atoms with E-state index in [1.54, 1.807) is 7.11 Å². The van der Waals surface area contributed by atoms with Crippen LogP contribution >= 0.6 is 0 Å². The minimum absolute atomic E-state index is 0.133. The monoisotopic (exact) mass is 226 g/mol. The summed E-state index contributed by atoms with van der Waals surface area (Å²) in [5.74, 6) is 1.39. The fourth-order valence-electron chi connectivity index (χ4n) is 1.83. The van der Waals surface area contributed by atoms with E-state index in [2.05, 4.69) is 15.5 Å². The lowest BCUT2D eigenvalue weighted by molar-refractivity contribution is 0.116. The van der Waals surface area contributed by atoms with Gasteiger partial charge in [0.05, 0.1) is 18.7 Å². The van der Waals surface area contributed by atoms with Crippen molar-refractivity contribution < 1.29 is 9.26 Å². The Hall–Kier alpha value is -0.980. The van der Waals surface area contributed by atoms with Crippen molar-refractivity contribution in [1.82, 2.24) is 20.4 Å². The van der Waals surface area contributed by atoms with Crippen molar-refractivity contribution in [2.75, 3.05) is 27.7 Å². The molecule has 0 radical (unpaired) electrons. The maximum absolute atomic E-state index is 5.27. The van der Waals surface area contributed by atoms with E-state index < -0.39 is 0 Å². The predicted molar refractivity (Wildman–Crippen MR) is 57.8 cm³/mol. The van der Waals surface area contributed by atoms with Crippen LogP contribution in [0.4, 0.5) is 0 Å². The molecular formula is C10H18N4O2. The topological polar surface area (TPSA) is 63.4 Å². The van der Waals surface area contributed by atoms with Crippen LogP contribution in [0, 0.1) is 0 Å². The van der Waals surface area contributed by atoms with Crippen molar-refractivity contribution in [3.05, 3.63) is 11.7 Å². The molecule has 1 fully saturated rings. The van der Waals surface area contributed by atoms with Crippen molar-refractivity contribution in [1.29, 1.82) is 0 Å². The Balaban J connectivity index is 1.97. The molecule has 1 aromatic rings. The van der Waals surface area contributed by atoms with E-state index in [9.17, 15) is 0 Å². The van der Waals surface area contributed by atoms with Gasteiger partial charge in [-0.05, 0) is 20.5 Å². The van der Waals surface area contributed by atoms with Crippen LogP contribution in [0.3, 0.4) is 0 Å². The van der Waals surface area contributed by atoms with Crippen molar-refractivity contribution in [2.24, 2.45) is 0 Å². The highest BCUT2D eigenvalue weighted by Gasteiger charge is 2.29. The molecule has 2 heterocycles. The Kier molecular flexibility index (Phi) is 3.52. The third-order valence-electron chi connectivity index (χ3n) is 2.66. The molecule has 1 aliphatic rings. The number of rotatable bonds is 4. The number of nitrogens with one attached hydrogen (secondary N) is 1. The molecule has 6 heteroatoms. The summed E-state index contributed by atoms with van der Waals surface area (Å²) >= 11 is 0. The minimum atomic E-state index is 0.133. The maximum Gasteiger partial charge on any atom is 0.243 e. The zero-order valence-electron chi connectivity index (χ0n) is 9.93. The first-order valence-electron chi connectivity index (χ1n) is 5.42. The number of methoxy groups -OCH3 is 1. The van der Waals surface area contributed by atoms with E-state index in [0.717, 1.165) is 18.8 Å². The van der Waals surface area contributed by atoms with E-state index in [-0.39, 0.29) is 12.1 Å². The van der Waals surface area contributed by atoms with E-state index in [0.29, 0.717) is 12.4 Å². The second kappa shape index (κ2) is 4.90. The Labute approximate surface area is 95.0 Å². The smallest absolute Gasteiger partial charge is 0.243 e. The van der Waals surface area contributed by atoms with Crippen molar-refractivity contribution in [2.45, 2.75) is 25.1 Å². The van der Waals surface area contributed by atoms with Crippen LogP contribution in [-0.2, 0) is 11.3 Å². The summed E-state index contributed by atoms with van der Waals surface area (Å²) < 4.78 is 10.5. The third-order valence-corrected chi connectivity index (χ3v) is 2.66. The van der Waals surface area contributed by atoms with Gasteiger partial charge in [-0.2, -0.15) is 4.98 Å². The van der Waals surface area contributed by atoms with Gasteiger partial charge in [-0.3, -0.25) is 0 Å². The molecule has 1 saturated heterocycles. The van der Waals surface area contributed by atoms with E-state index >= 15 is 0 Å². The maximum atomic E-state index is 5.27. The van der Waals surface area contributed by atoms with Gasteiger partial charge < -0.3 is 19.5 Å². The largest absolute Gasteiger partial charge is 0.380 e. The summed E-state index contributed by atoms with van der Waals surface area (Å²) in [6.45, 7) is 1.54. The average Bonchev–Trinajstić information content (AvgIpc) is 2.83. The standard InChI is InChI=1S/C10H18N4O2/c1-14(2)6-9-12-10(16-13-9)8-4-7(15-3)5-11-8/h7-8,11H,4-6H2,1-3H3/t7-,8+/m0/s1. The normalized spacial score (nSPS) is 25.5. The molecule has 1 aromatic heterocycles. The molecule has 0 spiro atoms. The molecule has 0 saturated carbocycles. The van der Waals surface area contributed by atoms with Crippen LogP contribution in [0.1, 0.15) is 24.2 Å². The molecule has 90 valence electrons. The molecule has 2 rings (SSSR count). The fraction of sp³-hybridized carbons (Fsp3) is 0.800. The summed E-state index contributed by atoms with van der Waals surface area (Å²) in [4.78, 5) is 6.37. The number of hydrogen-bond donors (Lipinski definition) is 1. The summed E-state index contributed by atoms with van der Waals surface area (Å²) in [6, 6.07) is 0.133. The molecular weight excluding hydrogens is 208 g/mol. The molecule has 2 atom stereocenters. The first kappa shape index (κ1) is 11.5. The van der Waals surface area contributed by atoms with Gasteiger partial charge in [0.25, 0.3) is 0 Å². The van der Waals surface area contributed by atoms with Crippen LogP contribution in [0.25, 0.3) is 0 Å². The van der Waals surface area contributed by atoms with Crippen LogP contribution in [0.5, 0.6) is 0 Å². The van der Waals surface area contributed by atoms with Gasteiger partial charge in [0.15, 0.2) is 5.82 Å². The second-order valence-electron chi connectivity index (χ2n) is 4.34. The van der Waals surface area contributed by atoms with Crippen LogP contribution in [0.15, 0.2) is 4.52 Å². The van der Waals surface area contributed by atoms with Crippen molar-refractivity contribution >= 4 is 0 Å². The highest BCUT2D eigenvalue weighted by atomic mass is 16.5. The Morgan fingerprint density at radius 1 is 1.56 bits per heavy atom. The van der Waals surface area contributed by atoms with Gasteiger partial charge in [-0.1, -0.05) is 5.16 Å². The Morgan fingerprint density at radius 3 is 3.00 bits per heavy atom. The molecule has 0 amide bonds. The number of aromatic nitrogens is 2. The lowest BCUT2D eigenvalue weighted by Gasteiger charge is -2.05. The van der Waals surface area contributed by atoms with Gasteiger partial charge >= 0.3 is 0 Å². The molecule has 0 unspecified atom stereocenters. The van der Waals surface area contributed by atoms with Crippen LogP contribution in [0.2, 0.25) is 0 Å². The first-order valence-corrected chi connectivity index (χ1v) is 5.42. The molecule has 0 aliphatic carbocycles. The highest BCUT2D eigenvalue weighted by molar-refractivity contribution is 4.97. The highest BCUT2D eigenvalue weighted by Crippen LogP contribution is 2.23. The summed E-state index contributed by atoms with van der Waals surface area (Å²) in [7, 11) is 5.68. The third kappa shape index (κ3) is 2.58. The number of hydrogen-bond acceptors (Lipinski definition) is 6. The van der Waals surface area contributed by atoms with Gasteiger partial charge in [0, 0.05) is 13.7 Å². The van der Waals surface area contributed by atoms with Crippen LogP contribution < -0.4 is 5.32 Å². The van der Waals surface area contributed by atoms with E-state index in [1.807, 2.05) is 19.0 Å². The second-order valence-corrected chi connectivity index (χ2v) is 4.34. The molecule has 0 aromatic carbocycles. The SMILES string of the molecule is CO[C@@H]1CN[C@@H](c2nc(CN(C)C)no2)C1. The average molecular weight is 226 g/mol. The summed E-state index contributed by atoms with van der Waals surface area (Å²) in [6.07, 6.45) is 1.13. The lowest BCUT2D eigenvalue weighted by Crippen LogP contribution is -2.16. The van der Waals surface area contributed by atoms with E-state index in [1.165, 1.54) is 0 Å². The Morgan fingerprint density at radius 2 is 2.38 bits per heavy atom. The molecule has 16 heavy (non-hydrogen) atoms. The zero-order chi connectivity index (χ0) is 11.5. The van der Waals surface area contributed by atoms with E-state index in [4.69, 9.17) is 9.26 Å². The quantitative estimate of drug-likeness (QED) is 0.790. The van der Waals surface area contributed by atoms with Gasteiger partial charge in [0.2, 0.25) is 5.89 Å². The van der Waals surface area contributed by atoms with Crippen molar-refractivity contribution in [3.63, 3.8) is 0 Å². The molecule has 1 N–H and O–H groups in total. The predicted octanol–water partition coefficient (Wildman–Crippen LogP) is 0.181. The minimum Gasteiger partial charge on any atom is -0.380 e. The first-order chi connectivity index (χ1) is 7.69. The molecule has 6 nitrogen and oxygen atoms in total. The Bertz CT molecular complexity index is 339. The summed E-state index contributed by atoms with van der Waals surface area (Å²) in [5.41, 5.74) is 0. The van der Waals surface area contributed by atoms with Gasteiger partial charge in [0.1, 0.15) is 0 Å². The lowest BCUT2D eigenvalue weighted by atomic mass is 10.2. The molecule has 0 bridgehead atoms. The number of ether oxygens (including phenoxy) is 1. The van der Waals surface area contributed by atoms with Crippen LogP contribution in [-0.4, -0.2) is 48.9 Å². The summed E-state index contributed by atoms with van der Waals surface area (Å²) in [5, 5.41) is 7.25. The van der Waals surface area contributed by atoms with Gasteiger partial charge in [-0.15, -0.1) is 0 Å².